The fraction of sp³-hybridized carbons (Fsp3) is 0. The van der Waals surface area contributed by atoms with E-state index in [4.69, 9.17) is 8.83 Å². The Balaban J connectivity index is 0.000000149. The summed E-state index contributed by atoms with van der Waals surface area (Å²) in [5.41, 5.74) is 31.4. The lowest BCUT2D eigenvalue weighted by Gasteiger charge is -2.26. The fourth-order valence-corrected chi connectivity index (χ4v) is 16.4. The molecule has 0 saturated heterocycles. The van der Waals surface area contributed by atoms with E-state index >= 15 is 0 Å². The first-order valence-corrected chi connectivity index (χ1v) is 38.9. The molecule has 0 saturated carbocycles. The third kappa shape index (κ3) is 13.3. The van der Waals surface area contributed by atoms with Crippen LogP contribution in [-0.4, -0.2) is 0 Å². The van der Waals surface area contributed by atoms with E-state index in [1.165, 1.54) is 99.4 Å². The van der Waals surface area contributed by atoms with Crippen LogP contribution in [0.5, 0.6) is 0 Å². The molecular weight excluding hydrogens is 1380 g/mol. The van der Waals surface area contributed by atoms with Crippen LogP contribution in [-0.2, 0) is 0 Å². The van der Waals surface area contributed by atoms with Crippen LogP contribution in [0.25, 0.3) is 166 Å². The molecule has 0 atom stereocenters. The fourth-order valence-electron chi connectivity index (χ4n) is 16.4. The highest BCUT2D eigenvalue weighted by Gasteiger charge is 2.20. The molecule has 0 unspecified atom stereocenters. The second-order valence-corrected chi connectivity index (χ2v) is 29.0. The second-order valence-electron chi connectivity index (χ2n) is 29.0. The van der Waals surface area contributed by atoms with E-state index in [2.05, 4.69) is 434 Å². The van der Waals surface area contributed by atoms with Gasteiger partial charge >= 0.3 is 0 Å². The van der Waals surface area contributed by atoms with Crippen molar-refractivity contribution in [2.24, 2.45) is 0 Å². The van der Waals surface area contributed by atoms with Gasteiger partial charge in [-0.25, -0.2) is 0 Å². The number of nitrogens with zero attached hydrogens (tertiary/aromatic N) is 2. The first kappa shape index (κ1) is 68.2. The summed E-state index contributed by atoms with van der Waals surface area (Å²) in [5, 5.41) is 9.56. The minimum atomic E-state index is 0.905. The van der Waals surface area contributed by atoms with Crippen LogP contribution in [0.3, 0.4) is 0 Å². The average Bonchev–Trinajstić information content (AvgIpc) is 1.49. The van der Waals surface area contributed by atoms with E-state index in [1.54, 1.807) is 0 Å². The molecule has 4 nitrogen and oxygen atoms in total. The summed E-state index contributed by atoms with van der Waals surface area (Å²) in [6.07, 6.45) is 0. The Morgan fingerprint density at radius 2 is 0.333 bits per heavy atom. The van der Waals surface area contributed by atoms with E-state index in [1.807, 2.05) is 24.3 Å². The molecule has 0 N–H and O–H groups in total. The Morgan fingerprint density at radius 3 is 0.649 bits per heavy atom. The van der Waals surface area contributed by atoms with Gasteiger partial charge in [0.05, 0.1) is 0 Å². The summed E-state index contributed by atoms with van der Waals surface area (Å²) < 4.78 is 12.8. The monoisotopic (exact) mass is 1450 g/mol. The van der Waals surface area contributed by atoms with Crippen LogP contribution < -0.4 is 9.80 Å². The minimum Gasteiger partial charge on any atom is -0.455 e. The van der Waals surface area contributed by atoms with Crippen LogP contribution >= 0.6 is 0 Å². The maximum absolute atomic E-state index is 6.41. The van der Waals surface area contributed by atoms with Crippen molar-refractivity contribution in [3.8, 4) is 100 Å². The number of hydrogen-bond donors (Lipinski definition) is 0. The maximum atomic E-state index is 6.41. The summed E-state index contributed by atoms with van der Waals surface area (Å²) in [7, 11) is 0. The molecule has 19 aromatic carbocycles. The smallest absolute Gasteiger partial charge is 0.143 e. The zero-order valence-corrected chi connectivity index (χ0v) is 62.4. The Kier molecular flexibility index (Phi) is 18.0. The number of hydrogen-bond acceptors (Lipinski definition) is 4. The van der Waals surface area contributed by atoms with Crippen molar-refractivity contribution < 1.29 is 8.83 Å². The number of benzene rings is 19. The molecule has 21 aromatic rings. The molecule has 0 radical (unpaired) electrons. The predicted octanol–water partition coefficient (Wildman–Crippen LogP) is 31.4. The summed E-state index contributed by atoms with van der Waals surface area (Å²) in [4.78, 5) is 4.67. The SMILES string of the molecule is c1ccc(-c2ccc(-c3ccc(N(c4ccc(-c5ccc(-c6cccc7ccccc67)cc5)cc4)c4ccc(-c5cccc6c5oc5ccccc56)cc4)cc3)cc2)cc1.c1ccc(-c2ccc(-c3ccc(N(c4ccc(-c5cccc6ccccc56)cc4)c4ccc(-c5cccc6c5oc5ccccc56)cc4)cc3)cc2)cc1. The van der Waals surface area contributed by atoms with Crippen LogP contribution in [0.1, 0.15) is 0 Å². The van der Waals surface area contributed by atoms with Gasteiger partial charge < -0.3 is 18.6 Å². The Morgan fingerprint density at radius 1 is 0.132 bits per heavy atom. The third-order valence-corrected chi connectivity index (χ3v) is 22.3. The highest BCUT2D eigenvalue weighted by atomic mass is 16.3. The van der Waals surface area contributed by atoms with E-state index < -0.39 is 0 Å². The van der Waals surface area contributed by atoms with E-state index in [0.29, 0.717) is 0 Å². The standard InChI is InChI=1S/C58H39NO.C52H35NO/c1-2-10-40(11-3-1)41-20-22-42(23-21-41)44-28-34-49(35-29-44)59(51-38-32-48(33-39-51)54-17-9-18-56-55-15-6-7-19-57(55)60-58(54)56)50-36-30-45(31-37-50)43-24-26-47(27-25-43)53-16-8-13-46-12-4-5-14-52(46)53;1-2-10-36(11-3-1)37-20-22-38(23-21-37)39-24-30-43(31-25-39)53(44-32-26-41(27-33-44)47-16-8-13-40-12-4-5-14-46(40)47)45-34-28-42(29-35-45)48-17-9-18-50-49-15-6-7-19-51(49)54-52(48)50/h1-39H;1-35H. The molecule has 0 bridgehead atoms. The van der Waals surface area contributed by atoms with Gasteiger partial charge in [-0.1, -0.05) is 364 Å². The van der Waals surface area contributed by atoms with Crippen molar-refractivity contribution in [2.75, 3.05) is 9.80 Å². The normalized spacial score (nSPS) is 11.3. The number of fused-ring (bicyclic) bond motifs is 8. The van der Waals surface area contributed by atoms with Crippen molar-refractivity contribution in [1.82, 2.24) is 0 Å². The van der Waals surface area contributed by atoms with Crippen molar-refractivity contribution in [1.29, 1.82) is 0 Å². The van der Waals surface area contributed by atoms with Gasteiger partial charge in [-0.15, -0.1) is 0 Å². The van der Waals surface area contributed by atoms with Gasteiger partial charge in [-0.05, 0) is 195 Å². The quantitative estimate of drug-likeness (QED) is 0.102. The molecule has 0 fully saturated rings. The van der Waals surface area contributed by atoms with Gasteiger partial charge in [-0.2, -0.15) is 0 Å². The molecule has 114 heavy (non-hydrogen) atoms. The predicted molar refractivity (Wildman–Crippen MR) is 481 cm³/mol. The molecule has 21 rings (SSSR count). The summed E-state index contributed by atoms with van der Waals surface area (Å²) in [5.74, 6) is 0. The first-order valence-electron chi connectivity index (χ1n) is 38.9. The molecule has 0 amide bonds. The van der Waals surface area contributed by atoms with Gasteiger partial charge in [0.2, 0.25) is 0 Å². The molecule has 0 aliphatic rings. The Hall–Kier alpha value is -15.1. The number of para-hydroxylation sites is 4. The van der Waals surface area contributed by atoms with Crippen LogP contribution in [0.15, 0.2) is 458 Å². The lowest BCUT2D eigenvalue weighted by Crippen LogP contribution is -2.09. The van der Waals surface area contributed by atoms with E-state index in [0.717, 1.165) is 100 Å². The van der Waals surface area contributed by atoms with Crippen molar-refractivity contribution in [3.05, 3.63) is 449 Å². The number of furan rings is 2. The molecule has 4 heteroatoms. The Bertz CT molecular complexity index is 6990. The van der Waals surface area contributed by atoms with Gasteiger partial charge in [-0.3, -0.25) is 0 Å². The molecule has 2 aromatic heterocycles. The minimum absolute atomic E-state index is 0.905. The topological polar surface area (TPSA) is 32.8 Å². The second kappa shape index (κ2) is 30.1. The number of rotatable bonds is 15. The van der Waals surface area contributed by atoms with Gasteiger partial charge in [0.25, 0.3) is 0 Å². The average molecular weight is 1460 g/mol. The van der Waals surface area contributed by atoms with Crippen molar-refractivity contribution in [2.45, 2.75) is 0 Å². The van der Waals surface area contributed by atoms with E-state index in [9.17, 15) is 0 Å². The summed E-state index contributed by atoms with van der Waals surface area (Å²) >= 11 is 0. The van der Waals surface area contributed by atoms with Gasteiger partial charge in [0, 0.05) is 66.8 Å². The van der Waals surface area contributed by atoms with Crippen LogP contribution in [0.4, 0.5) is 34.1 Å². The lowest BCUT2D eigenvalue weighted by atomic mass is 9.96. The summed E-state index contributed by atoms with van der Waals surface area (Å²) in [6.45, 7) is 0. The third-order valence-electron chi connectivity index (χ3n) is 22.3. The van der Waals surface area contributed by atoms with E-state index in [-0.39, 0.29) is 0 Å². The van der Waals surface area contributed by atoms with Crippen molar-refractivity contribution in [3.63, 3.8) is 0 Å². The highest BCUT2D eigenvalue weighted by molar-refractivity contribution is 6.11. The molecule has 2 heterocycles. The lowest BCUT2D eigenvalue weighted by molar-refractivity contribution is 0.669. The Labute approximate surface area is 662 Å². The highest BCUT2D eigenvalue weighted by Crippen LogP contribution is 2.45. The van der Waals surface area contributed by atoms with Crippen LogP contribution in [0, 0.1) is 0 Å². The van der Waals surface area contributed by atoms with Crippen LogP contribution in [0.2, 0.25) is 0 Å². The molecule has 536 valence electrons. The first-order chi connectivity index (χ1) is 56.5. The maximum Gasteiger partial charge on any atom is 0.143 e. The number of anilines is 6. The van der Waals surface area contributed by atoms with Gasteiger partial charge in [0.15, 0.2) is 0 Å². The zero-order valence-electron chi connectivity index (χ0n) is 62.4. The van der Waals surface area contributed by atoms with Crippen molar-refractivity contribution >= 4 is 99.5 Å². The zero-order chi connectivity index (χ0) is 75.7. The molecule has 0 spiro atoms. The largest absolute Gasteiger partial charge is 0.455 e. The molecule has 0 aliphatic carbocycles. The molecular formula is C110H74N2O2. The van der Waals surface area contributed by atoms with Gasteiger partial charge in [0.1, 0.15) is 22.3 Å². The summed E-state index contributed by atoms with van der Waals surface area (Å²) in [6, 6.07) is 161. The molecule has 0 aliphatic heterocycles.